The van der Waals surface area contributed by atoms with Crippen LogP contribution in [0.1, 0.15) is 25.5 Å². The van der Waals surface area contributed by atoms with Crippen LogP contribution < -0.4 is 15.2 Å². The molecule has 1 aromatic rings. The molecule has 1 aromatic carbocycles. The van der Waals surface area contributed by atoms with Crippen LogP contribution in [0.4, 0.5) is 0 Å². The maximum absolute atomic E-state index is 9.46. The van der Waals surface area contributed by atoms with E-state index in [1.54, 1.807) is 18.7 Å². The number of hydrogen-bond donors (Lipinski definition) is 2. The first-order valence-electron chi connectivity index (χ1n) is 6.52. The standard InChI is InChI=1S/C14H21NO3S/c1-9(16)10(2)19-8-12(15)11-3-4-13-14(7-11)18-6-5-17-13/h3-4,7,9-10,12,16H,5-6,8,15H2,1-2H3. The minimum atomic E-state index is -0.322. The van der Waals surface area contributed by atoms with Gasteiger partial charge in [-0.15, -0.1) is 0 Å². The molecule has 3 unspecified atom stereocenters. The predicted octanol–water partition coefficient (Wildman–Crippen LogP) is 1.96. The fourth-order valence-corrected chi connectivity index (χ4v) is 2.76. The van der Waals surface area contributed by atoms with E-state index >= 15 is 0 Å². The van der Waals surface area contributed by atoms with E-state index in [0.29, 0.717) is 13.2 Å². The summed E-state index contributed by atoms with van der Waals surface area (Å²) in [4.78, 5) is 0. The molecule has 0 spiro atoms. The van der Waals surface area contributed by atoms with Crippen molar-refractivity contribution in [2.45, 2.75) is 31.2 Å². The summed E-state index contributed by atoms with van der Waals surface area (Å²) in [6.07, 6.45) is -0.322. The first-order chi connectivity index (χ1) is 9.08. The number of aliphatic hydroxyl groups is 1. The number of ether oxygens (including phenoxy) is 2. The van der Waals surface area contributed by atoms with Gasteiger partial charge in [0.1, 0.15) is 13.2 Å². The molecule has 106 valence electrons. The third kappa shape index (κ3) is 3.78. The predicted molar refractivity (Wildman–Crippen MR) is 78.0 cm³/mol. The van der Waals surface area contributed by atoms with Gasteiger partial charge in [0.05, 0.1) is 6.10 Å². The van der Waals surface area contributed by atoms with Gasteiger partial charge in [0.15, 0.2) is 11.5 Å². The van der Waals surface area contributed by atoms with Crippen molar-refractivity contribution >= 4 is 11.8 Å². The van der Waals surface area contributed by atoms with Crippen LogP contribution in [0.25, 0.3) is 0 Å². The maximum Gasteiger partial charge on any atom is 0.161 e. The van der Waals surface area contributed by atoms with Crippen LogP contribution in [-0.2, 0) is 0 Å². The molecule has 0 aromatic heterocycles. The lowest BCUT2D eigenvalue weighted by Gasteiger charge is -2.21. The summed E-state index contributed by atoms with van der Waals surface area (Å²) in [6, 6.07) is 5.77. The molecule has 0 saturated heterocycles. The van der Waals surface area contributed by atoms with E-state index in [0.717, 1.165) is 22.8 Å². The molecule has 0 saturated carbocycles. The van der Waals surface area contributed by atoms with E-state index < -0.39 is 0 Å². The summed E-state index contributed by atoms with van der Waals surface area (Å²) < 4.78 is 11.0. The zero-order valence-electron chi connectivity index (χ0n) is 11.3. The SMILES string of the molecule is CC(O)C(C)SCC(N)c1ccc2c(c1)OCCO2. The van der Waals surface area contributed by atoms with Crippen molar-refractivity contribution in [3.63, 3.8) is 0 Å². The average Bonchev–Trinajstić information content (AvgIpc) is 2.43. The Kier molecular flexibility index (Phi) is 4.96. The number of thioether (sulfide) groups is 1. The molecular formula is C14H21NO3S. The molecule has 4 nitrogen and oxygen atoms in total. The molecule has 1 aliphatic rings. The number of aliphatic hydroxyl groups excluding tert-OH is 1. The van der Waals surface area contributed by atoms with Crippen LogP contribution in [0.2, 0.25) is 0 Å². The normalized spacial score (nSPS) is 18.7. The second-order valence-corrected chi connectivity index (χ2v) is 6.20. The Morgan fingerprint density at radius 3 is 2.63 bits per heavy atom. The number of hydrogen-bond acceptors (Lipinski definition) is 5. The number of nitrogens with two attached hydrogens (primary N) is 1. The van der Waals surface area contributed by atoms with E-state index in [1.807, 2.05) is 25.1 Å². The lowest BCUT2D eigenvalue weighted by molar-refractivity contribution is 0.171. The molecule has 0 fully saturated rings. The molecule has 0 bridgehead atoms. The fourth-order valence-electron chi connectivity index (χ4n) is 1.78. The summed E-state index contributed by atoms with van der Waals surface area (Å²) >= 11 is 1.68. The molecule has 3 N–H and O–H groups in total. The third-order valence-electron chi connectivity index (χ3n) is 3.21. The van der Waals surface area contributed by atoms with Crippen molar-refractivity contribution in [3.8, 4) is 11.5 Å². The zero-order valence-corrected chi connectivity index (χ0v) is 12.2. The van der Waals surface area contributed by atoms with Gasteiger partial charge in [-0.25, -0.2) is 0 Å². The number of benzene rings is 1. The molecule has 0 radical (unpaired) electrons. The first kappa shape index (κ1) is 14.5. The summed E-state index contributed by atoms with van der Waals surface area (Å²) in [5, 5.41) is 9.65. The summed E-state index contributed by atoms with van der Waals surface area (Å²) in [6.45, 7) is 4.98. The van der Waals surface area contributed by atoms with E-state index in [-0.39, 0.29) is 17.4 Å². The highest BCUT2D eigenvalue weighted by Crippen LogP contribution is 2.33. The Morgan fingerprint density at radius 1 is 1.26 bits per heavy atom. The topological polar surface area (TPSA) is 64.7 Å². The van der Waals surface area contributed by atoms with Gasteiger partial charge in [-0.05, 0) is 24.6 Å². The highest BCUT2D eigenvalue weighted by molar-refractivity contribution is 7.99. The van der Waals surface area contributed by atoms with Gasteiger partial charge in [-0.2, -0.15) is 11.8 Å². The lowest BCUT2D eigenvalue weighted by atomic mass is 10.1. The van der Waals surface area contributed by atoms with Crippen LogP contribution in [0.3, 0.4) is 0 Å². The molecular weight excluding hydrogens is 262 g/mol. The second kappa shape index (κ2) is 6.50. The van der Waals surface area contributed by atoms with Crippen molar-refractivity contribution in [2.24, 2.45) is 5.73 Å². The van der Waals surface area contributed by atoms with E-state index in [2.05, 4.69) is 0 Å². The highest BCUT2D eigenvalue weighted by atomic mass is 32.2. The van der Waals surface area contributed by atoms with Crippen LogP contribution in [-0.4, -0.2) is 35.4 Å². The van der Waals surface area contributed by atoms with Crippen LogP contribution in [0.5, 0.6) is 11.5 Å². The minimum absolute atomic E-state index is 0.0676. The number of fused-ring (bicyclic) bond motifs is 1. The summed E-state index contributed by atoms with van der Waals surface area (Å²) in [5.41, 5.74) is 7.21. The van der Waals surface area contributed by atoms with Crippen LogP contribution in [0, 0.1) is 0 Å². The zero-order chi connectivity index (χ0) is 13.8. The van der Waals surface area contributed by atoms with Crippen LogP contribution in [0.15, 0.2) is 18.2 Å². The van der Waals surface area contributed by atoms with Crippen LogP contribution >= 0.6 is 11.8 Å². The van der Waals surface area contributed by atoms with Crippen molar-refractivity contribution in [1.82, 2.24) is 0 Å². The molecule has 1 aliphatic heterocycles. The average molecular weight is 283 g/mol. The van der Waals surface area contributed by atoms with E-state index in [1.165, 1.54) is 0 Å². The Labute approximate surface area is 118 Å². The highest BCUT2D eigenvalue weighted by Gasteiger charge is 2.16. The molecule has 19 heavy (non-hydrogen) atoms. The van der Waals surface area contributed by atoms with Gasteiger partial charge in [0, 0.05) is 17.0 Å². The monoisotopic (exact) mass is 283 g/mol. The molecule has 0 amide bonds. The Morgan fingerprint density at radius 2 is 1.95 bits per heavy atom. The molecule has 5 heteroatoms. The number of rotatable bonds is 5. The van der Waals surface area contributed by atoms with Gasteiger partial charge < -0.3 is 20.3 Å². The molecule has 0 aliphatic carbocycles. The maximum atomic E-state index is 9.46. The van der Waals surface area contributed by atoms with Gasteiger partial charge >= 0.3 is 0 Å². The van der Waals surface area contributed by atoms with Gasteiger partial charge in [0.25, 0.3) is 0 Å². The largest absolute Gasteiger partial charge is 0.486 e. The Bertz CT molecular complexity index is 425. The molecule has 2 rings (SSSR count). The quantitative estimate of drug-likeness (QED) is 0.865. The smallest absolute Gasteiger partial charge is 0.161 e. The minimum Gasteiger partial charge on any atom is -0.486 e. The third-order valence-corrected chi connectivity index (χ3v) is 4.68. The lowest BCUT2D eigenvalue weighted by Crippen LogP contribution is -2.21. The molecule has 1 heterocycles. The van der Waals surface area contributed by atoms with Crippen molar-refractivity contribution in [3.05, 3.63) is 23.8 Å². The Hall–Kier alpha value is -0.910. The first-order valence-corrected chi connectivity index (χ1v) is 7.57. The van der Waals surface area contributed by atoms with E-state index in [9.17, 15) is 5.11 Å². The summed E-state index contributed by atoms with van der Waals surface area (Å²) in [7, 11) is 0. The van der Waals surface area contributed by atoms with Crippen molar-refractivity contribution < 1.29 is 14.6 Å². The van der Waals surface area contributed by atoms with E-state index in [4.69, 9.17) is 15.2 Å². The van der Waals surface area contributed by atoms with Crippen molar-refractivity contribution in [1.29, 1.82) is 0 Å². The second-order valence-electron chi connectivity index (χ2n) is 4.79. The van der Waals surface area contributed by atoms with Gasteiger partial charge in [-0.3, -0.25) is 0 Å². The van der Waals surface area contributed by atoms with Gasteiger partial charge in [-0.1, -0.05) is 13.0 Å². The Balaban J connectivity index is 1.97. The molecule has 3 atom stereocenters. The fraction of sp³-hybridized carbons (Fsp3) is 0.571. The van der Waals surface area contributed by atoms with Crippen molar-refractivity contribution in [2.75, 3.05) is 19.0 Å². The van der Waals surface area contributed by atoms with Gasteiger partial charge in [0.2, 0.25) is 0 Å². The summed E-state index contributed by atoms with van der Waals surface area (Å²) in [5.74, 6) is 2.33.